The summed E-state index contributed by atoms with van der Waals surface area (Å²) in [4.78, 5) is 16.6. The zero-order valence-corrected chi connectivity index (χ0v) is 17.0. The molecular formula is C19H29ClN4O3. The third-order valence-corrected chi connectivity index (χ3v) is 4.76. The molecular weight excluding hydrogens is 368 g/mol. The molecule has 27 heavy (non-hydrogen) atoms. The lowest BCUT2D eigenvalue weighted by Crippen LogP contribution is -2.52. The maximum Gasteiger partial charge on any atom is 0.226 e. The van der Waals surface area contributed by atoms with Crippen molar-refractivity contribution in [3.05, 3.63) is 30.2 Å². The van der Waals surface area contributed by atoms with Crippen LogP contribution in [0.1, 0.15) is 45.4 Å². The van der Waals surface area contributed by atoms with E-state index in [1.165, 1.54) is 0 Å². The van der Waals surface area contributed by atoms with Gasteiger partial charge >= 0.3 is 0 Å². The van der Waals surface area contributed by atoms with Crippen molar-refractivity contribution in [3.8, 4) is 17.1 Å². The summed E-state index contributed by atoms with van der Waals surface area (Å²) in [7, 11) is 1.62. The monoisotopic (exact) mass is 396 g/mol. The van der Waals surface area contributed by atoms with Crippen LogP contribution in [0.15, 0.2) is 28.8 Å². The van der Waals surface area contributed by atoms with Crippen LogP contribution in [0.5, 0.6) is 5.75 Å². The Balaban J connectivity index is 0.00000364. The number of aryl methyl sites for hydroxylation is 1. The van der Waals surface area contributed by atoms with Gasteiger partial charge in [-0.25, -0.2) is 0 Å². The summed E-state index contributed by atoms with van der Waals surface area (Å²) >= 11 is 0. The number of nitrogens with one attached hydrogen (secondary N) is 1. The number of halogens is 1. The molecule has 8 heteroatoms. The zero-order chi connectivity index (χ0) is 19.0. The van der Waals surface area contributed by atoms with Crippen LogP contribution in [0.4, 0.5) is 0 Å². The first-order valence-electron chi connectivity index (χ1n) is 9.04. The van der Waals surface area contributed by atoms with Crippen LogP contribution in [-0.2, 0) is 11.2 Å². The number of hydrogen-bond acceptors (Lipinski definition) is 6. The zero-order valence-electron chi connectivity index (χ0n) is 16.2. The van der Waals surface area contributed by atoms with Gasteiger partial charge in [0.05, 0.1) is 12.6 Å². The Morgan fingerprint density at radius 2 is 1.93 bits per heavy atom. The topological polar surface area (TPSA) is 103 Å². The standard InChI is InChI=1S/C19H28N4O3.ClH/c1-4-19(5-2,13-20)22-16(24)7-6-8-17-21-18(23-26-17)14-9-11-15(25-3)12-10-14;/h9-12H,4-8,13,20H2,1-3H3,(H,22,24);1H. The van der Waals surface area contributed by atoms with E-state index in [-0.39, 0.29) is 23.9 Å². The van der Waals surface area contributed by atoms with Gasteiger partial charge in [-0.3, -0.25) is 4.79 Å². The molecule has 0 aliphatic rings. The van der Waals surface area contributed by atoms with Crippen molar-refractivity contribution < 1.29 is 14.1 Å². The predicted octanol–water partition coefficient (Wildman–Crippen LogP) is 3.12. The van der Waals surface area contributed by atoms with Gasteiger partial charge in [0, 0.05) is 24.9 Å². The van der Waals surface area contributed by atoms with Crippen LogP contribution in [0.2, 0.25) is 0 Å². The lowest BCUT2D eigenvalue weighted by atomic mass is 9.92. The number of carbonyl (C=O) groups is 1. The molecule has 0 atom stereocenters. The fraction of sp³-hybridized carbons (Fsp3) is 0.526. The predicted molar refractivity (Wildman–Crippen MR) is 107 cm³/mol. The van der Waals surface area contributed by atoms with Gasteiger partial charge in [-0.2, -0.15) is 4.98 Å². The number of methoxy groups -OCH3 is 1. The highest BCUT2D eigenvalue weighted by Gasteiger charge is 2.25. The molecule has 1 heterocycles. The van der Waals surface area contributed by atoms with Gasteiger partial charge in [-0.1, -0.05) is 19.0 Å². The minimum Gasteiger partial charge on any atom is -0.497 e. The number of amides is 1. The molecule has 1 amide bonds. The average Bonchev–Trinajstić information content (AvgIpc) is 3.15. The first kappa shape index (κ1) is 22.9. The third-order valence-electron chi connectivity index (χ3n) is 4.76. The van der Waals surface area contributed by atoms with Crippen molar-refractivity contribution in [2.75, 3.05) is 13.7 Å². The van der Waals surface area contributed by atoms with Crippen molar-refractivity contribution in [2.24, 2.45) is 5.73 Å². The summed E-state index contributed by atoms with van der Waals surface area (Å²) in [6, 6.07) is 7.45. The quantitative estimate of drug-likeness (QED) is 0.639. The molecule has 0 bridgehead atoms. The van der Waals surface area contributed by atoms with Gasteiger partial charge in [-0.15, -0.1) is 12.4 Å². The Labute approximate surface area is 166 Å². The number of hydrogen-bond donors (Lipinski definition) is 2. The normalized spacial score (nSPS) is 11.0. The fourth-order valence-corrected chi connectivity index (χ4v) is 2.74. The maximum atomic E-state index is 12.2. The van der Waals surface area contributed by atoms with Gasteiger partial charge < -0.3 is 20.3 Å². The molecule has 0 fully saturated rings. The van der Waals surface area contributed by atoms with Gasteiger partial charge in [0.15, 0.2) is 0 Å². The molecule has 150 valence electrons. The Hall–Kier alpha value is -2.12. The summed E-state index contributed by atoms with van der Waals surface area (Å²) in [5.41, 5.74) is 6.37. The Bertz CT molecular complexity index is 691. The summed E-state index contributed by atoms with van der Waals surface area (Å²) < 4.78 is 10.4. The SMILES string of the molecule is CCC(CC)(CN)NC(=O)CCCc1nc(-c2ccc(OC)cc2)no1.Cl. The first-order chi connectivity index (χ1) is 12.6. The minimum absolute atomic E-state index is 0. The molecule has 7 nitrogen and oxygen atoms in total. The van der Waals surface area contributed by atoms with E-state index < -0.39 is 0 Å². The van der Waals surface area contributed by atoms with Gasteiger partial charge in [-0.05, 0) is 43.5 Å². The fourth-order valence-electron chi connectivity index (χ4n) is 2.74. The number of nitrogens with zero attached hydrogens (tertiary/aromatic N) is 2. The Morgan fingerprint density at radius 3 is 2.48 bits per heavy atom. The second kappa shape index (κ2) is 10.9. The average molecular weight is 397 g/mol. The van der Waals surface area contributed by atoms with E-state index in [4.69, 9.17) is 15.0 Å². The van der Waals surface area contributed by atoms with E-state index in [0.717, 1.165) is 24.2 Å². The Kier molecular flexibility index (Phi) is 9.25. The third kappa shape index (κ3) is 6.22. The van der Waals surface area contributed by atoms with Crippen molar-refractivity contribution in [3.63, 3.8) is 0 Å². The Morgan fingerprint density at radius 1 is 1.26 bits per heavy atom. The molecule has 0 aliphatic carbocycles. The largest absolute Gasteiger partial charge is 0.497 e. The number of carbonyl (C=O) groups excluding carboxylic acids is 1. The van der Waals surface area contributed by atoms with E-state index in [1.807, 2.05) is 38.1 Å². The molecule has 3 N–H and O–H groups in total. The van der Waals surface area contributed by atoms with Crippen molar-refractivity contribution in [1.82, 2.24) is 15.5 Å². The molecule has 0 aliphatic heterocycles. The van der Waals surface area contributed by atoms with Crippen LogP contribution in [-0.4, -0.2) is 35.2 Å². The summed E-state index contributed by atoms with van der Waals surface area (Å²) in [6.45, 7) is 4.52. The lowest BCUT2D eigenvalue weighted by Gasteiger charge is -2.31. The summed E-state index contributed by atoms with van der Waals surface area (Å²) in [5, 5.41) is 7.06. The smallest absolute Gasteiger partial charge is 0.226 e. The van der Waals surface area contributed by atoms with E-state index in [1.54, 1.807) is 7.11 Å². The second-order valence-corrected chi connectivity index (χ2v) is 6.33. The molecule has 2 rings (SSSR count). The molecule has 1 aromatic heterocycles. The summed E-state index contributed by atoms with van der Waals surface area (Å²) in [6.07, 6.45) is 3.25. The van der Waals surface area contributed by atoms with Crippen LogP contribution >= 0.6 is 12.4 Å². The van der Waals surface area contributed by atoms with Gasteiger partial charge in [0.1, 0.15) is 5.75 Å². The lowest BCUT2D eigenvalue weighted by molar-refractivity contribution is -0.123. The second-order valence-electron chi connectivity index (χ2n) is 6.33. The van der Waals surface area contributed by atoms with Crippen LogP contribution in [0.3, 0.4) is 0 Å². The number of nitrogens with two attached hydrogens (primary N) is 1. The molecule has 0 saturated carbocycles. The molecule has 0 unspecified atom stereocenters. The molecule has 0 radical (unpaired) electrons. The van der Waals surface area contributed by atoms with E-state index in [0.29, 0.717) is 37.5 Å². The van der Waals surface area contributed by atoms with Crippen LogP contribution in [0, 0.1) is 0 Å². The van der Waals surface area contributed by atoms with Gasteiger partial charge in [0.25, 0.3) is 0 Å². The maximum absolute atomic E-state index is 12.2. The molecule has 2 aromatic rings. The highest BCUT2D eigenvalue weighted by Crippen LogP contribution is 2.20. The van der Waals surface area contributed by atoms with Gasteiger partial charge in [0.2, 0.25) is 17.6 Å². The van der Waals surface area contributed by atoms with Crippen molar-refractivity contribution >= 4 is 18.3 Å². The van der Waals surface area contributed by atoms with E-state index in [9.17, 15) is 4.79 Å². The molecule has 1 aromatic carbocycles. The number of rotatable bonds is 10. The first-order valence-corrected chi connectivity index (χ1v) is 9.04. The number of ether oxygens (including phenoxy) is 1. The van der Waals surface area contributed by atoms with Crippen molar-refractivity contribution in [2.45, 2.75) is 51.5 Å². The minimum atomic E-state index is -0.302. The van der Waals surface area contributed by atoms with Crippen LogP contribution < -0.4 is 15.8 Å². The highest BCUT2D eigenvalue weighted by molar-refractivity contribution is 5.85. The highest BCUT2D eigenvalue weighted by atomic mass is 35.5. The number of benzene rings is 1. The molecule has 0 saturated heterocycles. The molecule has 0 spiro atoms. The van der Waals surface area contributed by atoms with E-state index >= 15 is 0 Å². The van der Waals surface area contributed by atoms with Crippen molar-refractivity contribution in [1.29, 1.82) is 0 Å². The van der Waals surface area contributed by atoms with Crippen LogP contribution in [0.25, 0.3) is 11.4 Å². The summed E-state index contributed by atoms with van der Waals surface area (Å²) in [5.74, 6) is 1.84. The van der Waals surface area contributed by atoms with E-state index in [2.05, 4.69) is 15.5 Å². The number of aromatic nitrogens is 2.